The summed E-state index contributed by atoms with van der Waals surface area (Å²) >= 11 is 0. The average Bonchev–Trinajstić information content (AvgIpc) is 2.63. The summed E-state index contributed by atoms with van der Waals surface area (Å²) in [5, 5.41) is 1.67. The first-order valence-electron chi connectivity index (χ1n) is 7.63. The molecule has 0 aliphatic carbocycles. The molecule has 6 nitrogen and oxygen atoms in total. The lowest BCUT2D eigenvalue weighted by Gasteiger charge is -2.08. The molecule has 2 heterocycles. The van der Waals surface area contributed by atoms with Gasteiger partial charge in [0.25, 0.3) is 0 Å². The fraction of sp³-hybridized carbons (Fsp3) is 0.0526. The van der Waals surface area contributed by atoms with Crippen LogP contribution in [0, 0.1) is 0 Å². The third-order valence-corrected chi connectivity index (χ3v) is 4.01. The van der Waals surface area contributed by atoms with Crippen LogP contribution in [0.3, 0.4) is 0 Å². The van der Waals surface area contributed by atoms with Crippen LogP contribution < -0.4 is 10.7 Å². The number of carbonyl (C=O) groups excluding carboxylic acids is 3. The minimum Gasteiger partial charge on any atom is -0.294 e. The second kappa shape index (κ2) is 5.83. The maximum Gasteiger partial charge on any atom is 0.338 e. The summed E-state index contributed by atoms with van der Waals surface area (Å²) in [5.74, 6) is -2.10. The van der Waals surface area contributed by atoms with Gasteiger partial charge in [-0.15, -0.1) is 0 Å². The summed E-state index contributed by atoms with van der Waals surface area (Å²) in [6, 6.07) is 12.7. The number of hydrogen-bond acceptors (Lipinski definition) is 4. The van der Waals surface area contributed by atoms with E-state index in [1.165, 1.54) is 0 Å². The minimum atomic E-state index is -0.968. The molecule has 0 atom stereocenters. The molecule has 0 fully saturated rings. The van der Waals surface area contributed by atoms with E-state index in [0.717, 1.165) is 5.56 Å². The number of rotatable bonds is 3. The summed E-state index contributed by atoms with van der Waals surface area (Å²) in [6.07, 6.45) is 3.30. The highest BCUT2D eigenvalue weighted by molar-refractivity contribution is 6.36. The third kappa shape index (κ3) is 2.63. The molecule has 0 bridgehead atoms. The van der Waals surface area contributed by atoms with E-state index in [1.807, 2.05) is 30.3 Å². The van der Waals surface area contributed by atoms with Crippen molar-refractivity contribution in [3.05, 3.63) is 76.7 Å². The quantitative estimate of drug-likeness (QED) is 0.529. The molecule has 1 aliphatic rings. The van der Waals surface area contributed by atoms with E-state index in [1.54, 1.807) is 24.5 Å². The molecule has 2 aromatic carbocycles. The number of ketones is 1. The zero-order chi connectivity index (χ0) is 17.4. The van der Waals surface area contributed by atoms with Crippen LogP contribution >= 0.6 is 0 Å². The maximum absolute atomic E-state index is 12.8. The molecule has 1 aliphatic heterocycles. The Labute approximate surface area is 141 Å². The van der Waals surface area contributed by atoms with E-state index in [9.17, 15) is 14.4 Å². The summed E-state index contributed by atoms with van der Waals surface area (Å²) in [5.41, 5.74) is 1.13. The second-order valence-corrected chi connectivity index (χ2v) is 5.64. The Hall–Kier alpha value is -3.54. The molecule has 0 N–H and O–H groups in total. The lowest BCUT2D eigenvalue weighted by Crippen LogP contribution is -2.39. The Bertz CT molecular complexity index is 1170. The van der Waals surface area contributed by atoms with Gasteiger partial charge in [-0.2, -0.15) is 0 Å². The standard InChI is InChI=1S/C19H11N3O3/c23-15(8-11-4-2-1-3-5-11)13-9-12-6-7-20-10-14(12)17-16(13)21-18(24)19(25)22-17/h1-7,9-10H,8H2. The molecule has 0 saturated carbocycles. The molecular weight excluding hydrogens is 318 g/mol. The zero-order valence-corrected chi connectivity index (χ0v) is 13.0. The van der Waals surface area contributed by atoms with Crippen molar-refractivity contribution in [3.63, 3.8) is 0 Å². The number of Topliss-reactive ketones (excluding diaryl/α,β-unsaturated/α-hetero) is 1. The second-order valence-electron chi connectivity index (χ2n) is 5.64. The number of nitrogens with zero attached hydrogens (tertiary/aromatic N) is 3. The van der Waals surface area contributed by atoms with Crippen LogP contribution in [0.15, 0.2) is 64.8 Å². The monoisotopic (exact) mass is 329 g/mol. The number of amides is 2. The molecule has 0 unspecified atom stereocenters. The van der Waals surface area contributed by atoms with Gasteiger partial charge in [-0.05, 0) is 23.1 Å². The molecular formula is C19H11N3O3. The predicted octanol–water partition coefficient (Wildman–Crippen LogP) is 0.966. The fourth-order valence-electron chi connectivity index (χ4n) is 2.82. The smallest absolute Gasteiger partial charge is 0.294 e. The Morgan fingerprint density at radius 1 is 0.920 bits per heavy atom. The van der Waals surface area contributed by atoms with Crippen LogP contribution in [0.25, 0.3) is 10.8 Å². The number of carbonyl (C=O) groups is 3. The average molecular weight is 329 g/mol. The predicted molar refractivity (Wildman–Crippen MR) is 88.5 cm³/mol. The first-order chi connectivity index (χ1) is 12.1. The van der Waals surface area contributed by atoms with E-state index in [2.05, 4.69) is 15.0 Å². The molecule has 2 amide bonds. The molecule has 1 aromatic heterocycles. The molecule has 0 saturated heterocycles. The Balaban J connectivity index is 1.96. The number of aromatic nitrogens is 1. The highest BCUT2D eigenvalue weighted by Crippen LogP contribution is 2.11. The number of benzene rings is 2. The molecule has 120 valence electrons. The van der Waals surface area contributed by atoms with E-state index in [-0.39, 0.29) is 28.5 Å². The highest BCUT2D eigenvalue weighted by atomic mass is 16.2. The van der Waals surface area contributed by atoms with Gasteiger partial charge in [0, 0.05) is 29.8 Å². The van der Waals surface area contributed by atoms with Gasteiger partial charge in [-0.1, -0.05) is 30.3 Å². The molecule has 6 heteroatoms. The van der Waals surface area contributed by atoms with Gasteiger partial charge in [0.1, 0.15) is 10.7 Å². The van der Waals surface area contributed by atoms with Gasteiger partial charge in [-0.25, -0.2) is 9.98 Å². The van der Waals surface area contributed by atoms with Crippen LogP contribution in [-0.2, 0) is 16.0 Å². The van der Waals surface area contributed by atoms with Crippen LogP contribution in [0.5, 0.6) is 0 Å². The largest absolute Gasteiger partial charge is 0.338 e. The van der Waals surface area contributed by atoms with Gasteiger partial charge >= 0.3 is 11.8 Å². The Kier molecular flexibility index (Phi) is 3.50. The first-order valence-corrected chi connectivity index (χ1v) is 7.63. The van der Waals surface area contributed by atoms with Gasteiger partial charge in [0.2, 0.25) is 0 Å². The van der Waals surface area contributed by atoms with Gasteiger partial charge in [0.15, 0.2) is 5.78 Å². The fourth-order valence-corrected chi connectivity index (χ4v) is 2.82. The van der Waals surface area contributed by atoms with Crippen LogP contribution in [0.4, 0.5) is 0 Å². The lowest BCUT2D eigenvalue weighted by atomic mass is 9.99. The van der Waals surface area contributed by atoms with Crippen molar-refractivity contribution >= 4 is 28.4 Å². The summed E-state index contributed by atoms with van der Waals surface area (Å²) in [6.45, 7) is 0. The number of hydrogen-bond donors (Lipinski definition) is 0. The van der Waals surface area contributed by atoms with Crippen molar-refractivity contribution in [3.8, 4) is 0 Å². The normalized spacial score (nSPS) is 13.1. The van der Waals surface area contributed by atoms with Crippen molar-refractivity contribution in [1.82, 2.24) is 4.98 Å². The third-order valence-electron chi connectivity index (χ3n) is 4.01. The number of fused-ring (bicyclic) bond motifs is 3. The summed E-state index contributed by atoms with van der Waals surface area (Å²) in [4.78, 5) is 47.8. The van der Waals surface area contributed by atoms with Gasteiger partial charge in [-0.3, -0.25) is 19.4 Å². The van der Waals surface area contributed by atoms with Gasteiger partial charge < -0.3 is 0 Å². The van der Waals surface area contributed by atoms with Crippen molar-refractivity contribution in [1.29, 1.82) is 0 Å². The van der Waals surface area contributed by atoms with Crippen LogP contribution in [0.1, 0.15) is 15.9 Å². The summed E-state index contributed by atoms with van der Waals surface area (Å²) < 4.78 is 0. The maximum atomic E-state index is 12.8. The van der Waals surface area contributed by atoms with E-state index in [4.69, 9.17) is 0 Å². The lowest BCUT2D eigenvalue weighted by molar-refractivity contribution is -0.135. The SMILES string of the molecule is O=C1N=c2c(C(=O)Cc3ccccc3)cc3ccncc3c2=NC1=O. The summed E-state index contributed by atoms with van der Waals surface area (Å²) in [7, 11) is 0. The Morgan fingerprint density at radius 2 is 1.64 bits per heavy atom. The Morgan fingerprint density at radius 3 is 2.40 bits per heavy atom. The first kappa shape index (κ1) is 15.0. The van der Waals surface area contributed by atoms with E-state index < -0.39 is 11.8 Å². The van der Waals surface area contributed by atoms with Crippen molar-refractivity contribution in [2.75, 3.05) is 0 Å². The van der Waals surface area contributed by atoms with Crippen molar-refractivity contribution < 1.29 is 14.4 Å². The molecule has 3 aromatic rings. The topological polar surface area (TPSA) is 88.8 Å². The number of pyridine rings is 1. The van der Waals surface area contributed by atoms with Crippen LogP contribution in [-0.4, -0.2) is 22.6 Å². The molecule has 0 radical (unpaired) electrons. The van der Waals surface area contributed by atoms with Crippen LogP contribution in [0.2, 0.25) is 0 Å². The zero-order valence-electron chi connectivity index (χ0n) is 13.0. The van der Waals surface area contributed by atoms with Crippen molar-refractivity contribution in [2.24, 2.45) is 9.98 Å². The molecule has 25 heavy (non-hydrogen) atoms. The van der Waals surface area contributed by atoms with E-state index >= 15 is 0 Å². The molecule has 0 spiro atoms. The highest BCUT2D eigenvalue weighted by Gasteiger charge is 2.21. The van der Waals surface area contributed by atoms with E-state index in [0.29, 0.717) is 10.8 Å². The van der Waals surface area contributed by atoms with Crippen molar-refractivity contribution in [2.45, 2.75) is 6.42 Å². The minimum absolute atomic E-state index is 0.144. The van der Waals surface area contributed by atoms with Gasteiger partial charge in [0.05, 0.1) is 0 Å². The molecule has 4 rings (SSSR count).